The zero-order valence-corrected chi connectivity index (χ0v) is 28.6. The average molecular weight is 684 g/mol. The lowest BCUT2D eigenvalue weighted by Gasteiger charge is -2.52. The summed E-state index contributed by atoms with van der Waals surface area (Å²) in [5.41, 5.74) is -0.352. The van der Waals surface area contributed by atoms with E-state index in [4.69, 9.17) is 14.2 Å². The normalized spacial score (nSPS) is 22.7. The third kappa shape index (κ3) is 4.53. The molecule has 4 atom stereocenters. The van der Waals surface area contributed by atoms with Gasteiger partial charge >= 0.3 is 11.4 Å². The first-order valence-corrected chi connectivity index (χ1v) is 16.2. The van der Waals surface area contributed by atoms with Gasteiger partial charge in [-0.05, 0) is 36.6 Å². The Kier molecular flexibility index (Phi) is 7.72. The van der Waals surface area contributed by atoms with Crippen LogP contribution in [0.3, 0.4) is 0 Å². The molecule has 2 aromatic carbocycles. The van der Waals surface area contributed by atoms with Crippen LogP contribution < -0.4 is 31.1 Å². The van der Waals surface area contributed by atoms with Crippen molar-refractivity contribution in [1.82, 2.24) is 23.5 Å². The van der Waals surface area contributed by atoms with Crippen molar-refractivity contribution in [3.05, 3.63) is 96.2 Å². The van der Waals surface area contributed by atoms with Crippen LogP contribution in [-0.2, 0) is 36.1 Å². The van der Waals surface area contributed by atoms with E-state index < -0.39 is 34.7 Å². The van der Waals surface area contributed by atoms with Gasteiger partial charge in [-0.15, -0.1) is 0 Å². The molecule has 50 heavy (non-hydrogen) atoms. The second-order valence-electron chi connectivity index (χ2n) is 13.2. The number of benzene rings is 2. The van der Waals surface area contributed by atoms with Crippen LogP contribution in [0, 0.1) is 11.3 Å². The summed E-state index contributed by atoms with van der Waals surface area (Å²) in [6, 6.07) is 7.53. The SMILES string of the molecule is COc1cc2nc(CCn3c(=O)n4n(c3=O)[C@@H]3C[C@H]5C(=O)C(C)=CC(=O)[C@@]5(C)[C@@H](c5cccc(OC)c5O)C3=CC4)c(=O)n(C)c2cc1OC. The number of hydrogen-bond donors (Lipinski definition) is 1. The molecule has 3 aliphatic rings. The first-order valence-electron chi connectivity index (χ1n) is 16.2. The summed E-state index contributed by atoms with van der Waals surface area (Å²) in [7, 11) is 6.02. The molecule has 3 heterocycles. The van der Waals surface area contributed by atoms with Crippen molar-refractivity contribution >= 4 is 22.6 Å². The van der Waals surface area contributed by atoms with Crippen LogP contribution in [-0.4, -0.2) is 61.5 Å². The van der Waals surface area contributed by atoms with Crippen LogP contribution in [0.5, 0.6) is 23.0 Å². The Morgan fingerprint density at radius 3 is 2.38 bits per heavy atom. The molecule has 2 aliphatic carbocycles. The fraction of sp³-hybridized carbons (Fsp3) is 0.389. The highest BCUT2D eigenvalue weighted by Gasteiger charge is 2.59. The number of aryl methyl sites for hydroxylation is 2. The summed E-state index contributed by atoms with van der Waals surface area (Å²) < 4.78 is 21.3. The average Bonchev–Trinajstić information content (AvgIpc) is 3.35. The van der Waals surface area contributed by atoms with Gasteiger partial charge in [0.05, 0.1) is 50.4 Å². The summed E-state index contributed by atoms with van der Waals surface area (Å²) in [4.78, 5) is 73.6. The van der Waals surface area contributed by atoms with Crippen LogP contribution in [0.15, 0.2) is 68.0 Å². The number of Topliss-reactive ketones (excluding diaryl/α,β-unsaturated/α-hetero) is 1. The van der Waals surface area contributed by atoms with E-state index in [9.17, 15) is 29.1 Å². The highest BCUT2D eigenvalue weighted by atomic mass is 16.5. The summed E-state index contributed by atoms with van der Waals surface area (Å²) in [6.07, 6.45) is 3.26. The van der Waals surface area contributed by atoms with Gasteiger partial charge in [-0.3, -0.25) is 14.4 Å². The van der Waals surface area contributed by atoms with Crippen molar-refractivity contribution in [2.24, 2.45) is 18.4 Å². The van der Waals surface area contributed by atoms with Crippen LogP contribution >= 0.6 is 0 Å². The molecular weight excluding hydrogens is 646 g/mol. The summed E-state index contributed by atoms with van der Waals surface area (Å²) in [5.74, 6) is -1.21. The van der Waals surface area contributed by atoms with Gasteiger partial charge in [0.1, 0.15) is 5.69 Å². The number of nitrogens with zero attached hydrogens (tertiary/aromatic N) is 5. The van der Waals surface area contributed by atoms with Crippen LogP contribution in [0.4, 0.5) is 0 Å². The number of para-hydroxylation sites is 1. The molecule has 0 radical (unpaired) electrons. The van der Waals surface area contributed by atoms with E-state index in [1.807, 2.05) is 6.08 Å². The summed E-state index contributed by atoms with van der Waals surface area (Å²) in [6.45, 7) is 3.22. The number of methoxy groups -OCH3 is 3. The topological polar surface area (TPSA) is 166 Å². The molecular formula is C36H37N5O9. The van der Waals surface area contributed by atoms with Crippen molar-refractivity contribution in [1.29, 1.82) is 0 Å². The number of fused-ring (bicyclic) bond motifs is 5. The first kappa shape index (κ1) is 32.9. The molecule has 1 saturated carbocycles. The Bertz CT molecular complexity index is 2380. The zero-order valence-electron chi connectivity index (χ0n) is 28.6. The minimum atomic E-state index is -1.27. The van der Waals surface area contributed by atoms with Crippen molar-refractivity contribution in [3.63, 3.8) is 0 Å². The molecule has 0 amide bonds. The van der Waals surface area contributed by atoms with Crippen LogP contribution in [0.25, 0.3) is 11.0 Å². The third-order valence-electron chi connectivity index (χ3n) is 10.8. The maximum absolute atomic E-state index is 14.2. The summed E-state index contributed by atoms with van der Waals surface area (Å²) >= 11 is 0. The molecule has 1 N–H and O–H groups in total. The molecule has 2 aromatic heterocycles. The minimum Gasteiger partial charge on any atom is -0.504 e. The number of phenolic OH excluding ortho intramolecular Hbond substituents is 1. The number of rotatable bonds is 7. The van der Waals surface area contributed by atoms with E-state index in [0.717, 1.165) is 4.57 Å². The number of aromatic nitrogens is 5. The Morgan fingerprint density at radius 1 is 0.980 bits per heavy atom. The van der Waals surface area contributed by atoms with Gasteiger partial charge in [0.2, 0.25) is 0 Å². The van der Waals surface area contributed by atoms with Gasteiger partial charge in [-0.1, -0.05) is 25.1 Å². The number of phenols is 1. The Balaban J connectivity index is 1.31. The molecule has 0 saturated heterocycles. The van der Waals surface area contributed by atoms with Gasteiger partial charge in [-0.2, -0.15) is 0 Å². The quantitative estimate of drug-likeness (QED) is 0.286. The Labute approximate surface area is 285 Å². The zero-order chi connectivity index (χ0) is 35.8. The molecule has 14 nitrogen and oxygen atoms in total. The van der Waals surface area contributed by atoms with E-state index in [2.05, 4.69) is 4.98 Å². The molecule has 1 aliphatic heterocycles. The minimum absolute atomic E-state index is 0.0148. The maximum Gasteiger partial charge on any atom is 0.347 e. The molecule has 4 aromatic rings. The molecule has 14 heteroatoms. The van der Waals surface area contributed by atoms with Gasteiger partial charge in [0, 0.05) is 49.5 Å². The lowest BCUT2D eigenvalue weighted by Crippen LogP contribution is -2.54. The molecule has 1 fully saturated rings. The van der Waals surface area contributed by atoms with E-state index in [1.165, 1.54) is 41.3 Å². The number of ether oxygens (including phenoxy) is 3. The lowest BCUT2D eigenvalue weighted by molar-refractivity contribution is -0.139. The number of aromatic hydroxyl groups is 1. The second-order valence-corrected chi connectivity index (χ2v) is 13.2. The molecule has 0 unspecified atom stereocenters. The van der Waals surface area contributed by atoms with E-state index in [0.29, 0.717) is 39.2 Å². The molecule has 0 spiro atoms. The number of carbonyl (C=O) groups excluding carboxylic acids is 2. The van der Waals surface area contributed by atoms with Crippen LogP contribution in [0.2, 0.25) is 0 Å². The highest BCUT2D eigenvalue weighted by molar-refractivity contribution is 6.13. The summed E-state index contributed by atoms with van der Waals surface area (Å²) in [5, 5.41) is 11.3. The van der Waals surface area contributed by atoms with E-state index in [-0.39, 0.29) is 60.2 Å². The van der Waals surface area contributed by atoms with Crippen LogP contribution in [0.1, 0.15) is 43.5 Å². The standard InChI is InChI=1S/C36H37N5O9/c1-18-14-29(42)36(2)21(31(18)43)15-24-19(30(36)20-8-7-9-26(48-4)32(20)44)10-13-40-34(46)39(35(47)41(24)40)12-11-22-33(45)38(3)25-17-28(50-6)27(49-5)16-23(25)37-22/h7-10,14,16-17,21,24,30,44H,11-13,15H2,1-6H3/t21-,24+,30+,36-/m0/s1. The smallest absolute Gasteiger partial charge is 0.347 e. The predicted molar refractivity (Wildman–Crippen MR) is 181 cm³/mol. The highest BCUT2D eigenvalue weighted by Crippen LogP contribution is 2.61. The maximum atomic E-state index is 14.2. The number of hydrogen-bond acceptors (Lipinski definition) is 10. The molecule has 7 rings (SSSR count). The second kappa shape index (κ2) is 11.7. The number of carbonyl (C=O) groups is 2. The molecule has 260 valence electrons. The van der Waals surface area contributed by atoms with E-state index >= 15 is 0 Å². The largest absolute Gasteiger partial charge is 0.504 e. The lowest BCUT2D eigenvalue weighted by atomic mass is 9.51. The van der Waals surface area contributed by atoms with Crippen molar-refractivity contribution < 1.29 is 28.9 Å². The van der Waals surface area contributed by atoms with Gasteiger partial charge in [0.15, 0.2) is 34.6 Å². The number of ketones is 2. The Hall–Kier alpha value is -5.66. The van der Waals surface area contributed by atoms with Crippen molar-refractivity contribution in [2.45, 2.75) is 51.7 Å². The molecule has 0 bridgehead atoms. The number of allylic oxidation sites excluding steroid dienone is 4. The third-order valence-corrected chi connectivity index (χ3v) is 10.8. The van der Waals surface area contributed by atoms with Gasteiger partial charge in [-0.25, -0.2) is 28.5 Å². The Morgan fingerprint density at radius 2 is 1.68 bits per heavy atom. The first-order chi connectivity index (χ1) is 23.9. The van der Waals surface area contributed by atoms with Gasteiger partial charge < -0.3 is 23.9 Å². The fourth-order valence-corrected chi connectivity index (χ4v) is 8.15. The van der Waals surface area contributed by atoms with Crippen molar-refractivity contribution in [2.75, 3.05) is 21.3 Å². The predicted octanol–water partition coefficient (Wildman–Crippen LogP) is 2.42. The van der Waals surface area contributed by atoms with E-state index in [1.54, 1.807) is 51.2 Å². The van der Waals surface area contributed by atoms with Crippen molar-refractivity contribution in [3.8, 4) is 23.0 Å². The monoisotopic (exact) mass is 683 g/mol. The fourth-order valence-electron chi connectivity index (χ4n) is 8.15. The van der Waals surface area contributed by atoms with Gasteiger partial charge in [0.25, 0.3) is 5.56 Å².